The minimum atomic E-state index is -0.222. The zero-order chi connectivity index (χ0) is 12.7. The van der Waals surface area contributed by atoms with E-state index in [2.05, 4.69) is 19.2 Å². The van der Waals surface area contributed by atoms with Gasteiger partial charge in [-0.25, -0.2) is 0 Å². The fourth-order valence-electron chi connectivity index (χ4n) is 1.90. The molecule has 0 aromatic carbocycles. The lowest BCUT2D eigenvalue weighted by molar-refractivity contribution is -0.158. The summed E-state index contributed by atoms with van der Waals surface area (Å²) in [6.07, 6.45) is 3.05. The quantitative estimate of drug-likeness (QED) is 0.662. The van der Waals surface area contributed by atoms with Crippen LogP contribution in [0, 0.1) is 0 Å². The Bertz CT molecular complexity index is 252. The number of nitrogens with one attached hydrogen (secondary N) is 1. The smallest absolute Gasteiger partial charge is 0.255 e. The Kier molecular flexibility index (Phi) is 6.15. The van der Waals surface area contributed by atoms with E-state index in [-0.39, 0.29) is 31.1 Å². The van der Waals surface area contributed by atoms with E-state index in [1.165, 1.54) is 4.90 Å². The molecule has 0 aliphatic carbocycles. The van der Waals surface area contributed by atoms with Crippen molar-refractivity contribution < 1.29 is 14.3 Å². The highest BCUT2D eigenvalue weighted by Gasteiger charge is 2.28. The van der Waals surface area contributed by atoms with Gasteiger partial charge in [0.2, 0.25) is 0 Å². The fourth-order valence-corrected chi connectivity index (χ4v) is 1.90. The van der Waals surface area contributed by atoms with Gasteiger partial charge in [0.1, 0.15) is 13.2 Å². The minimum Gasteiger partial charge on any atom is -0.362 e. The van der Waals surface area contributed by atoms with Crippen LogP contribution in [0.15, 0.2) is 0 Å². The number of imide groups is 1. The first-order chi connectivity index (χ1) is 8.19. The summed E-state index contributed by atoms with van der Waals surface area (Å²) in [5, 5.41) is 3.37. The SMILES string of the molecule is CCCNC(CCC)CN1C(=O)COCC1=O. The third-order valence-electron chi connectivity index (χ3n) is 2.78. The van der Waals surface area contributed by atoms with Crippen LogP contribution in [-0.4, -0.2) is 49.1 Å². The van der Waals surface area contributed by atoms with Gasteiger partial charge in [-0.2, -0.15) is 0 Å². The van der Waals surface area contributed by atoms with Gasteiger partial charge in [0.15, 0.2) is 0 Å². The third-order valence-corrected chi connectivity index (χ3v) is 2.78. The van der Waals surface area contributed by atoms with E-state index in [1.54, 1.807) is 0 Å². The molecule has 0 spiro atoms. The molecule has 1 unspecified atom stereocenters. The van der Waals surface area contributed by atoms with E-state index >= 15 is 0 Å². The zero-order valence-electron chi connectivity index (χ0n) is 10.7. The van der Waals surface area contributed by atoms with Crippen LogP contribution in [0.3, 0.4) is 0 Å². The summed E-state index contributed by atoms with van der Waals surface area (Å²) in [7, 11) is 0. The second kappa shape index (κ2) is 7.40. The van der Waals surface area contributed by atoms with Gasteiger partial charge < -0.3 is 10.1 Å². The molecule has 2 amide bonds. The molecule has 5 heteroatoms. The highest BCUT2D eigenvalue weighted by Crippen LogP contribution is 2.06. The molecule has 0 bridgehead atoms. The molecule has 5 nitrogen and oxygen atoms in total. The summed E-state index contributed by atoms with van der Waals surface area (Å²) in [6, 6.07) is 0.200. The molecule has 17 heavy (non-hydrogen) atoms. The molecule has 0 aromatic rings. The zero-order valence-corrected chi connectivity index (χ0v) is 10.7. The number of carbonyl (C=O) groups excluding carboxylic acids is 2. The summed E-state index contributed by atoms with van der Waals surface area (Å²) in [5.74, 6) is -0.443. The van der Waals surface area contributed by atoms with Crippen LogP contribution in [0.1, 0.15) is 33.1 Å². The van der Waals surface area contributed by atoms with Crippen LogP contribution in [-0.2, 0) is 14.3 Å². The summed E-state index contributed by atoms with van der Waals surface area (Å²) >= 11 is 0. The van der Waals surface area contributed by atoms with Crippen LogP contribution in [0.25, 0.3) is 0 Å². The standard InChI is InChI=1S/C12H22N2O3/c1-3-5-10(13-6-4-2)7-14-11(15)8-17-9-12(14)16/h10,13H,3-9H2,1-2H3. The molecule has 1 aliphatic rings. The molecule has 0 aromatic heterocycles. The van der Waals surface area contributed by atoms with Crippen LogP contribution >= 0.6 is 0 Å². The number of ether oxygens (including phenoxy) is 1. The largest absolute Gasteiger partial charge is 0.362 e. The monoisotopic (exact) mass is 242 g/mol. The van der Waals surface area contributed by atoms with Crippen molar-refractivity contribution in [2.45, 2.75) is 39.2 Å². The first-order valence-corrected chi connectivity index (χ1v) is 6.33. The highest BCUT2D eigenvalue weighted by molar-refractivity contribution is 5.98. The van der Waals surface area contributed by atoms with Crippen molar-refractivity contribution in [2.75, 3.05) is 26.3 Å². The lowest BCUT2D eigenvalue weighted by Gasteiger charge is -2.29. The van der Waals surface area contributed by atoms with Crippen LogP contribution in [0.5, 0.6) is 0 Å². The average Bonchev–Trinajstić information content (AvgIpc) is 2.31. The second-order valence-corrected chi connectivity index (χ2v) is 4.33. The Hall–Kier alpha value is -0.940. The van der Waals surface area contributed by atoms with E-state index in [0.717, 1.165) is 25.8 Å². The molecule has 1 aliphatic heterocycles. The van der Waals surface area contributed by atoms with Crippen LogP contribution in [0.2, 0.25) is 0 Å². The van der Waals surface area contributed by atoms with Gasteiger partial charge in [-0.3, -0.25) is 14.5 Å². The summed E-state index contributed by atoms with van der Waals surface area (Å²) in [5.41, 5.74) is 0. The normalized spacial score (nSPS) is 18.6. The molecule has 0 radical (unpaired) electrons. The molecule has 1 rings (SSSR count). The van der Waals surface area contributed by atoms with Crippen molar-refractivity contribution in [1.29, 1.82) is 0 Å². The molecule has 1 heterocycles. The van der Waals surface area contributed by atoms with Gasteiger partial charge in [0.25, 0.3) is 11.8 Å². The third kappa shape index (κ3) is 4.44. The first kappa shape index (κ1) is 14.1. The summed E-state index contributed by atoms with van der Waals surface area (Å²) in [6.45, 7) is 5.63. The number of nitrogens with zero attached hydrogens (tertiary/aromatic N) is 1. The lowest BCUT2D eigenvalue weighted by atomic mass is 10.1. The highest BCUT2D eigenvalue weighted by atomic mass is 16.5. The predicted molar refractivity (Wildman–Crippen MR) is 64.5 cm³/mol. The van der Waals surface area contributed by atoms with Crippen LogP contribution < -0.4 is 5.32 Å². The summed E-state index contributed by atoms with van der Waals surface area (Å²) in [4.78, 5) is 24.5. The Morgan fingerprint density at radius 3 is 2.41 bits per heavy atom. The van der Waals surface area contributed by atoms with Gasteiger partial charge in [-0.15, -0.1) is 0 Å². The Balaban J connectivity index is 2.51. The number of hydrogen-bond acceptors (Lipinski definition) is 4. The number of amides is 2. The molecule has 1 atom stereocenters. The van der Waals surface area contributed by atoms with Crippen LogP contribution in [0.4, 0.5) is 0 Å². The maximum absolute atomic E-state index is 11.6. The summed E-state index contributed by atoms with van der Waals surface area (Å²) < 4.78 is 4.89. The topological polar surface area (TPSA) is 58.6 Å². The van der Waals surface area contributed by atoms with Crippen molar-refractivity contribution in [3.8, 4) is 0 Å². The maximum atomic E-state index is 11.6. The fraction of sp³-hybridized carbons (Fsp3) is 0.833. The lowest BCUT2D eigenvalue weighted by Crippen LogP contribution is -2.51. The number of rotatable bonds is 7. The molecular formula is C12H22N2O3. The molecule has 1 saturated heterocycles. The number of morpholine rings is 1. The van der Waals surface area contributed by atoms with Gasteiger partial charge in [0.05, 0.1) is 0 Å². The molecule has 1 fully saturated rings. The van der Waals surface area contributed by atoms with Crippen molar-refractivity contribution in [1.82, 2.24) is 10.2 Å². The Labute approximate surface area is 102 Å². The molecule has 1 N–H and O–H groups in total. The van der Waals surface area contributed by atoms with E-state index < -0.39 is 0 Å². The predicted octanol–water partition coefficient (Wildman–Crippen LogP) is 0.540. The van der Waals surface area contributed by atoms with E-state index in [0.29, 0.717) is 6.54 Å². The Morgan fingerprint density at radius 2 is 1.88 bits per heavy atom. The average molecular weight is 242 g/mol. The number of hydrogen-bond donors (Lipinski definition) is 1. The van der Waals surface area contributed by atoms with Gasteiger partial charge >= 0.3 is 0 Å². The van der Waals surface area contributed by atoms with Crippen molar-refractivity contribution in [2.24, 2.45) is 0 Å². The second-order valence-electron chi connectivity index (χ2n) is 4.33. The molecule has 0 saturated carbocycles. The van der Waals surface area contributed by atoms with E-state index in [9.17, 15) is 9.59 Å². The van der Waals surface area contributed by atoms with E-state index in [4.69, 9.17) is 4.74 Å². The van der Waals surface area contributed by atoms with Gasteiger partial charge in [-0.1, -0.05) is 20.3 Å². The van der Waals surface area contributed by atoms with Crippen molar-refractivity contribution in [3.63, 3.8) is 0 Å². The minimum absolute atomic E-state index is 0.0262. The Morgan fingerprint density at radius 1 is 1.24 bits per heavy atom. The van der Waals surface area contributed by atoms with Gasteiger partial charge in [-0.05, 0) is 19.4 Å². The molecular weight excluding hydrogens is 220 g/mol. The van der Waals surface area contributed by atoms with Crippen molar-refractivity contribution >= 4 is 11.8 Å². The number of carbonyl (C=O) groups is 2. The van der Waals surface area contributed by atoms with Crippen molar-refractivity contribution in [3.05, 3.63) is 0 Å². The van der Waals surface area contributed by atoms with Gasteiger partial charge in [0, 0.05) is 12.6 Å². The van der Waals surface area contributed by atoms with E-state index in [1.807, 2.05) is 0 Å². The first-order valence-electron chi connectivity index (χ1n) is 6.33. The molecule has 98 valence electrons. The maximum Gasteiger partial charge on any atom is 0.255 e.